The van der Waals surface area contributed by atoms with Gasteiger partial charge in [-0.3, -0.25) is 9.78 Å². The first-order valence-corrected chi connectivity index (χ1v) is 11.4. The summed E-state index contributed by atoms with van der Waals surface area (Å²) in [6, 6.07) is 9.91. The molecular formula is C23H23N5OS. The Kier molecular flexibility index (Phi) is 4.03. The molecule has 30 heavy (non-hydrogen) atoms. The molecule has 1 saturated heterocycles. The average molecular weight is 418 g/mol. The molecule has 3 aliphatic rings. The van der Waals surface area contributed by atoms with Crippen LogP contribution in [0.3, 0.4) is 0 Å². The van der Waals surface area contributed by atoms with Crippen LogP contribution in [0.2, 0.25) is 0 Å². The maximum atomic E-state index is 13.0. The SMILES string of the molecule is CCC12CC1c1c(ncnc1N1CCN(C(=O)c3cc4ccccc4cn3)CC1)S2. The monoisotopic (exact) mass is 417 g/mol. The average Bonchev–Trinajstić information content (AvgIpc) is 3.43. The zero-order valence-electron chi connectivity index (χ0n) is 16.9. The van der Waals surface area contributed by atoms with Gasteiger partial charge in [-0.2, -0.15) is 0 Å². The first kappa shape index (κ1) is 18.1. The molecule has 2 atom stereocenters. The lowest BCUT2D eigenvalue weighted by Gasteiger charge is -2.36. The van der Waals surface area contributed by atoms with Crippen molar-refractivity contribution in [3.05, 3.63) is 54.1 Å². The highest BCUT2D eigenvalue weighted by Crippen LogP contribution is 2.71. The summed E-state index contributed by atoms with van der Waals surface area (Å²) in [6.07, 6.45) is 5.91. The van der Waals surface area contributed by atoms with Crippen LogP contribution in [0, 0.1) is 0 Å². The summed E-state index contributed by atoms with van der Waals surface area (Å²) < 4.78 is 0.368. The minimum absolute atomic E-state index is 0.0102. The van der Waals surface area contributed by atoms with E-state index in [0.717, 1.165) is 34.7 Å². The van der Waals surface area contributed by atoms with Crippen LogP contribution < -0.4 is 4.90 Å². The highest BCUT2D eigenvalue weighted by atomic mass is 32.2. The highest BCUT2D eigenvalue weighted by Gasteiger charge is 2.61. The van der Waals surface area contributed by atoms with E-state index < -0.39 is 0 Å². The van der Waals surface area contributed by atoms with E-state index in [9.17, 15) is 4.79 Å². The normalized spacial score (nSPS) is 24.6. The second-order valence-electron chi connectivity index (χ2n) is 8.39. The number of hydrogen-bond acceptors (Lipinski definition) is 6. The number of aromatic nitrogens is 3. The molecular weight excluding hydrogens is 394 g/mol. The smallest absolute Gasteiger partial charge is 0.272 e. The minimum atomic E-state index is 0.0102. The summed E-state index contributed by atoms with van der Waals surface area (Å²) in [5, 5.41) is 3.27. The molecule has 1 aliphatic carbocycles. The Bertz CT molecular complexity index is 1160. The third kappa shape index (κ3) is 2.71. The van der Waals surface area contributed by atoms with Crippen molar-refractivity contribution in [3.63, 3.8) is 0 Å². The van der Waals surface area contributed by atoms with E-state index in [-0.39, 0.29) is 5.91 Å². The van der Waals surface area contributed by atoms with Crippen LogP contribution in [0.1, 0.15) is 41.7 Å². The Hall–Kier alpha value is -2.67. The van der Waals surface area contributed by atoms with Crippen LogP contribution in [0.5, 0.6) is 0 Å². The van der Waals surface area contributed by atoms with Crippen molar-refractivity contribution in [2.75, 3.05) is 31.1 Å². The Morgan fingerprint density at radius 3 is 2.73 bits per heavy atom. The number of nitrogens with zero attached hydrogens (tertiary/aromatic N) is 5. The van der Waals surface area contributed by atoms with Gasteiger partial charge >= 0.3 is 0 Å². The van der Waals surface area contributed by atoms with Crippen LogP contribution in [0.15, 0.2) is 47.9 Å². The fourth-order valence-electron chi connectivity index (χ4n) is 4.91. The summed E-state index contributed by atoms with van der Waals surface area (Å²) in [6.45, 7) is 5.22. The summed E-state index contributed by atoms with van der Waals surface area (Å²) in [4.78, 5) is 30.9. The number of hydrogen-bond donors (Lipinski definition) is 0. The van der Waals surface area contributed by atoms with Crippen molar-refractivity contribution in [3.8, 4) is 0 Å². The third-order valence-corrected chi connectivity index (χ3v) is 8.48. The van der Waals surface area contributed by atoms with Gasteiger partial charge in [0.15, 0.2) is 0 Å². The van der Waals surface area contributed by atoms with Crippen molar-refractivity contribution in [2.45, 2.75) is 35.5 Å². The zero-order chi connectivity index (χ0) is 20.3. The van der Waals surface area contributed by atoms with E-state index in [0.29, 0.717) is 29.4 Å². The molecule has 2 aromatic heterocycles. The summed E-state index contributed by atoms with van der Waals surface area (Å²) >= 11 is 1.94. The van der Waals surface area contributed by atoms with Gasteiger partial charge in [-0.15, -0.1) is 0 Å². The van der Waals surface area contributed by atoms with Crippen molar-refractivity contribution in [1.29, 1.82) is 0 Å². The van der Waals surface area contributed by atoms with E-state index in [1.165, 1.54) is 18.4 Å². The lowest BCUT2D eigenvalue weighted by atomic mass is 10.1. The molecule has 6 nitrogen and oxygen atoms in total. The van der Waals surface area contributed by atoms with Gasteiger partial charge in [0.2, 0.25) is 0 Å². The number of anilines is 1. The number of carbonyl (C=O) groups excluding carboxylic acids is 1. The molecule has 4 heterocycles. The quantitative estimate of drug-likeness (QED) is 0.605. The molecule has 0 N–H and O–H groups in total. The highest BCUT2D eigenvalue weighted by molar-refractivity contribution is 8.01. The maximum absolute atomic E-state index is 13.0. The molecule has 1 aromatic carbocycles. The molecule has 0 radical (unpaired) electrons. The maximum Gasteiger partial charge on any atom is 0.272 e. The lowest BCUT2D eigenvalue weighted by Crippen LogP contribution is -2.49. The van der Waals surface area contributed by atoms with E-state index in [1.807, 2.05) is 47.0 Å². The Labute approximate surface area is 179 Å². The molecule has 1 saturated carbocycles. The van der Waals surface area contributed by atoms with E-state index in [4.69, 9.17) is 0 Å². The molecule has 2 aliphatic heterocycles. The Morgan fingerprint density at radius 2 is 1.93 bits per heavy atom. The first-order chi connectivity index (χ1) is 14.7. The van der Waals surface area contributed by atoms with Crippen LogP contribution in [0.4, 0.5) is 5.82 Å². The number of carbonyl (C=O) groups is 1. The largest absolute Gasteiger partial charge is 0.353 e. The van der Waals surface area contributed by atoms with Crippen LogP contribution >= 0.6 is 11.8 Å². The number of amides is 1. The van der Waals surface area contributed by atoms with Gasteiger partial charge in [0.25, 0.3) is 5.91 Å². The van der Waals surface area contributed by atoms with E-state index >= 15 is 0 Å². The number of piperazine rings is 1. The number of pyridine rings is 1. The van der Waals surface area contributed by atoms with Crippen LogP contribution in [-0.4, -0.2) is 56.7 Å². The van der Waals surface area contributed by atoms with E-state index in [1.54, 1.807) is 12.5 Å². The van der Waals surface area contributed by atoms with Crippen LogP contribution in [-0.2, 0) is 0 Å². The number of thioether (sulfide) groups is 1. The molecule has 7 heteroatoms. The summed E-state index contributed by atoms with van der Waals surface area (Å²) in [5.41, 5.74) is 1.87. The van der Waals surface area contributed by atoms with Crippen molar-refractivity contribution < 1.29 is 4.79 Å². The molecule has 3 aromatic rings. The van der Waals surface area contributed by atoms with Gasteiger partial charge in [-0.05, 0) is 24.3 Å². The second kappa shape index (κ2) is 6.67. The van der Waals surface area contributed by atoms with Gasteiger partial charge in [0.05, 0.1) is 0 Å². The lowest BCUT2D eigenvalue weighted by molar-refractivity contribution is 0.0741. The standard InChI is InChI=1S/C23H23N5OS/c1-2-23-12-17(23)19-20(25-14-26-21(19)30-23)27-7-9-28(10-8-27)22(29)18-11-15-5-3-4-6-16(15)13-24-18/h3-6,11,13-14,17H,2,7-10,12H2,1H3. The van der Waals surface area contributed by atoms with Gasteiger partial charge in [-0.25, -0.2) is 9.97 Å². The second-order valence-corrected chi connectivity index (χ2v) is 9.79. The predicted molar refractivity (Wildman–Crippen MR) is 118 cm³/mol. The summed E-state index contributed by atoms with van der Waals surface area (Å²) in [5.74, 6) is 1.69. The van der Waals surface area contributed by atoms with E-state index in [2.05, 4.69) is 26.8 Å². The molecule has 1 amide bonds. The van der Waals surface area contributed by atoms with Crippen molar-refractivity contribution in [2.24, 2.45) is 0 Å². The summed E-state index contributed by atoms with van der Waals surface area (Å²) in [7, 11) is 0. The molecule has 2 unspecified atom stereocenters. The fourth-order valence-corrected chi connectivity index (χ4v) is 6.40. The van der Waals surface area contributed by atoms with Gasteiger partial charge in [0.1, 0.15) is 22.9 Å². The number of benzene rings is 1. The Morgan fingerprint density at radius 1 is 1.13 bits per heavy atom. The minimum Gasteiger partial charge on any atom is -0.353 e. The van der Waals surface area contributed by atoms with Crippen molar-refractivity contribution in [1.82, 2.24) is 19.9 Å². The molecule has 2 fully saturated rings. The Balaban J connectivity index is 1.19. The molecule has 0 spiro atoms. The fraction of sp³-hybridized carbons (Fsp3) is 0.391. The van der Waals surface area contributed by atoms with Crippen LogP contribution in [0.25, 0.3) is 10.8 Å². The predicted octanol–water partition coefficient (Wildman–Crippen LogP) is 3.73. The zero-order valence-corrected chi connectivity index (χ0v) is 17.7. The molecule has 6 rings (SSSR count). The van der Waals surface area contributed by atoms with Gasteiger partial charge in [0, 0.05) is 54.0 Å². The third-order valence-electron chi connectivity index (χ3n) is 6.81. The van der Waals surface area contributed by atoms with Gasteiger partial charge in [-0.1, -0.05) is 43.0 Å². The molecule has 152 valence electrons. The molecule has 0 bridgehead atoms. The van der Waals surface area contributed by atoms with Gasteiger partial charge < -0.3 is 9.80 Å². The topological polar surface area (TPSA) is 62.2 Å². The van der Waals surface area contributed by atoms with Crippen molar-refractivity contribution >= 4 is 34.3 Å². The first-order valence-electron chi connectivity index (χ1n) is 10.6. The number of rotatable bonds is 3. The number of fused-ring (bicyclic) bond motifs is 4.